The maximum atomic E-state index is 13.9. The van der Waals surface area contributed by atoms with Gasteiger partial charge in [-0.3, -0.25) is 19.3 Å². The van der Waals surface area contributed by atoms with E-state index >= 15 is 0 Å². The molecular weight excluding hydrogens is 517 g/mol. The minimum atomic E-state index is -0.827. The molecule has 1 aliphatic rings. The van der Waals surface area contributed by atoms with Gasteiger partial charge in [0.1, 0.15) is 18.0 Å². The molecule has 3 aromatic rings. The minimum Gasteiger partial charge on any atom is -0.347 e. The summed E-state index contributed by atoms with van der Waals surface area (Å²) in [6, 6.07) is 16.1. The van der Waals surface area contributed by atoms with Crippen molar-refractivity contribution in [2.24, 2.45) is 5.92 Å². The number of Topliss-reactive ketones (excluding diaryl/α,β-unsaturated/α-hetero) is 1. The first kappa shape index (κ1) is 30.4. The molecule has 0 spiro atoms. The number of amides is 1. The molecule has 0 bridgehead atoms. The maximum absolute atomic E-state index is 13.9. The molecule has 1 saturated heterocycles. The summed E-state index contributed by atoms with van der Waals surface area (Å²) in [5.41, 5.74) is 5.92. The first-order chi connectivity index (χ1) is 19.5. The Labute approximate surface area is 242 Å². The van der Waals surface area contributed by atoms with Gasteiger partial charge in [-0.1, -0.05) is 56.3 Å². The van der Waals surface area contributed by atoms with E-state index in [0.717, 1.165) is 33.4 Å². The molecule has 7 heteroatoms. The van der Waals surface area contributed by atoms with Gasteiger partial charge in [-0.05, 0) is 79.0 Å². The topological polar surface area (TPSA) is 71.4 Å². The quantitative estimate of drug-likeness (QED) is 0.308. The van der Waals surface area contributed by atoms with Crippen molar-refractivity contribution < 1.29 is 14.0 Å². The van der Waals surface area contributed by atoms with Crippen molar-refractivity contribution in [3.8, 4) is 11.1 Å². The van der Waals surface area contributed by atoms with Crippen LogP contribution in [0.2, 0.25) is 0 Å². The Balaban J connectivity index is 1.64. The summed E-state index contributed by atoms with van der Waals surface area (Å²) in [5, 5.41) is 3.12. The van der Waals surface area contributed by atoms with E-state index < -0.39 is 18.3 Å². The van der Waals surface area contributed by atoms with Crippen molar-refractivity contribution >= 4 is 11.7 Å². The first-order valence-electron chi connectivity index (χ1n) is 14.6. The van der Waals surface area contributed by atoms with Crippen LogP contribution >= 0.6 is 0 Å². The van der Waals surface area contributed by atoms with Gasteiger partial charge in [0.05, 0.1) is 6.04 Å². The summed E-state index contributed by atoms with van der Waals surface area (Å²) in [6.45, 7) is 11.3. The van der Waals surface area contributed by atoms with Crippen molar-refractivity contribution in [2.45, 2.75) is 78.7 Å². The van der Waals surface area contributed by atoms with Gasteiger partial charge in [0, 0.05) is 38.3 Å². The molecule has 0 saturated carbocycles. The van der Waals surface area contributed by atoms with Gasteiger partial charge in [-0.15, -0.1) is 0 Å². The fraction of sp³-hybridized carbons (Fsp3) is 0.441. The molecule has 3 atom stereocenters. The molecule has 1 N–H and O–H groups in total. The van der Waals surface area contributed by atoms with Crippen LogP contribution in [0.3, 0.4) is 0 Å². The summed E-state index contributed by atoms with van der Waals surface area (Å²) in [6.07, 6.45) is 2.03. The van der Waals surface area contributed by atoms with Crippen LogP contribution in [0.4, 0.5) is 4.39 Å². The Morgan fingerprint density at radius 2 is 1.76 bits per heavy atom. The molecule has 1 aliphatic heterocycles. The van der Waals surface area contributed by atoms with E-state index in [1.54, 1.807) is 12.3 Å². The lowest BCUT2D eigenvalue weighted by molar-refractivity contribution is -0.126. The second-order valence-electron chi connectivity index (χ2n) is 11.9. The van der Waals surface area contributed by atoms with Crippen LogP contribution in [-0.4, -0.2) is 40.4 Å². The van der Waals surface area contributed by atoms with E-state index in [1.807, 2.05) is 49.1 Å². The van der Waals surface area contributed by atoms with Crippen LogP contribution in [0.5, 0.6) is 0 Å². The summed E-state index contributed by atoms with van der Waals surface area (Å²) < 4.78 is 15.2. The van der Waals surface area contributed by atoms with Gasteiger partial charge >= 0.3 is 0 Å². The van der Waals surface area contributed by atoms with Gasteiger partial charge < -0.3 is 9.88 Å². The number of aromatic nitrogens is 1. The normalized spacial score (nSPS) is 17.0. The molecule has 2 aromatic carbocycles. The molecule has 4 rings (SSSR count). The number of likely N-dealkylation sites (tertiary alicyclic amines) is 1. The molecule has 1 fully saturated rings. The Morgan fingerprint density at radius 3 is 2.39 bits per heavy atom. The first-order valence-corrected chi connectivity index (χ1v) is 14.6. The third-order valence-corrected chi connectivity index (χ3v) is 7.82. The van der Waals surface area contributed by atoms with Crippen molar-refractivity contribution in [2.75, 3.05) is 13.1 Å². The molecule has 0 radical (unpaired) electrons. The van der Waals surface area contributed by atoms with Crippen LogP contribution in [0.25, 0.3) is 11.1 Å². The van der Waals surface area contributed by atoms with Crippen LogP contribution < -0.4 is 10.9 Å². The van der Waals surface area contributed by atoms with Crippen molar-refractivity contribution in [3.05, 3.63) is 93.4 Å². The highest BCUT2D eigenvalue weighted by Gasteiger charge is 2.27. The van der Waals surface area contributed by atoms with Crippen molar-refractivity contribution in [3.63, 3.8) is 0 Å². The molecule has 1 amide bonds. The summed E-state index contributed by atoms with van der Waals surface area (Å²) >= 11 is 0. The fourth-order valence-electron chi connectivity index (χ4n) is 5.86. The van der Waals surface area contributed by atoms with Crippen molar-refractivity contribution in [1.29, 1.82) is 0 Å². The Kier molecular flexibility index (Phi) is 9.92. The number of rotatable bonds is 11. The standard InChI is InChI=1S/C34H42FN3O3/c1-22(2)16-31(38-20-26(12-13-32(38)40)19-37-15-14-29(35)21-37)34(41)36-30(17-25(5)39)27-10-7-11-28(18-27)33-23(3)8-6-9-24(33)4/h6-13,18,20,22,29-31H,14-17,19,21H2,1-5H3,(H,36,41)/t29-,30+,31+/m1/s1. The van der Waals surface area contributed by atoms with E-state index in [4.69, 9.17) is 0 Å². The zero-order valence-corrected chi connectivity index (χ0v) is 24.8. The van der Waals surface area contributed by atoms with Gasteiger partial charge in [0.15, 0.2) is 0 Å². The van der Waals surface area contributed by atoms with E-state index in [2.05, 4.69) is 31.3 Å². The Bertz CT molecular complexity index is 1430. The molecule has 6 nitrogen and oxygen atoms in total. The molecule has 0 aliphatic carbocycles. The zero-order chi connectivity index (χ0) is 29.7. The number of pyridine rings is 1. The number of ketones is 1. The zero-order valence-electron chi connectivity index (χ0n) is 24.8. The minimum absolute atomic E-state index is 0.0378. The van der Waals surface area contributed by atoms with E-state index in [9.17, 15) is 18.8 Å². The van der Waals surface area contributed by atoms with E-state index in [1.165, 1.54) is 17.6 Å². The fourth-order valence-corrected chi connectivity index (χ4v) is 5.86. The number of hydrogen-bond acceptors (Lipinski definition) is 4. The summed E-state index contributed by atoms with van der Waals surface area (Å²) in [4.78, 5) is 41.3. The second-order valence-corrected chi connectivity index (χ2v) is 11.9. The molecule has 1 aromatic heterocycles. The summed E-state index contributed by atoms with van der Waals surface area (Å²) in [7, 11) is 0. The van der Waals surface area contributed by atoms with Gasteiger partial charge in [0.25, 0.3) is 5.56 Å². The SMILES string of the molecule is CC(=O)C[C@H](NC(=O)[C@H](CC(C)C)n1cc(CN2CC[C@@H](F)C2)ccc1=O)c1cccc(-c2c(C)cccc2C)c1. The smallest absolute Gasteiger partial charge is 0.251 e. The maximum Gasteiger partial charge on any atom is 0.251 e. The highest BCUT2D eigenvalue weighted by atomic mass is 19.1. The highest BCUT2D eigenvalue weighted by molar-refractivity contribution is 5.83. The second kappa shape index (κ2) is 13.4. The van der Waals surface area contributed by atoms with E-state index in [-0.39, 0.29) is 29.6 Å². The number of nitrogens with zero attached hydrogens (tertiary/aromatic N) is 2. The number of alkyl halides is 1. The number of carbonyl (C=O) groups excluding carboxylic acids is 2. The third kappa shape index (κ3) is 7.79. The predicted octanol–water partition coefficient (Wildman–Crippen LogP) is 6.10. The predicted molar refractivity (Wildman–Crippen MR) is 162 cm³/mol. The number of hydrogen-bond donors (Lipinski definition) is 1. The van der Waals surface area contributed by atoms with Crippen molar-refractivity contribution in [1.82, 2.24) is 14.8 Å². The molecular formula is C34H42FN3O3. The van der Waals surface area contributed by atoms with Gasteiger partial charge in [-0.2, -0.15) is 0 Å². The Hall–Kier alpha value is -3.58. The Morgan fingerprint density at radius 1 is 1.05 bits per heavy atom. The summed E-state index contributed by atoms with van der Waals surface area (Å²) in [5.74, 6) is -0.193. The average molecular weight is 560 g/mol. The number of halogens is 1. The lowest BCUT2D eigenvalue weighted by Crippen LogP contribution is -2.40. The molecule has 218 valence electrons. The number of aryl methyl sites for hydroxylation is 2. The van der Waals surface area contributed by atoms with Gasteiger partial charge in [0.2, 0.25) is 5.91 Å². The molecule has 41 heavy (non-hydrogen) atoms. The lowest BCUT2D eigenvalue weighted by atomic mass is 9.92. The number of carbonyl (C=O) groups is 2. The van der Waals surface area contributed by atoms with E-state index in [0.29, 0.717) is 32.5 Å². The van der Waals surface area contributed by atoms with Crippen LogP contribution in [0.1, 0.15) is 74.4 Å². The lowest BCUT2D eigenvalue weighted by Gasteiger charge is -2.26. The highest BCUT2D eigenvalue weighted by Crippen LogP contribution is 2.30. The largest absolute Gasteiger partial charge is 0.347 e. The number of nitrogens with one attached hydrogen (secondary N) is 1. The molecule has 0 unspecified atom stereocenters. The monoisotopic (exact) mass is 559 g/mol. The van der Waals surface area contributed by atoms with Crippen LogP contribution in [0.15, 0.2) is 65.6 Å². The van der Waals surface area contributed by atoms with Gasteiger partial charge in [-0.25, -0.2) is 4.39 Å². The average Bonchev–Trinajstić information content (AvgIpc) is 3.32. The van der Waals surface area contributed by atoms with Crippen LogP contribution in [0, 0.1) is 19.8 Å². The number of benzene rings is 2. The third-order valence-electron chi connectivity index (χ3n) is 7.82. The molecule has 2 heterocycles. The van der Waals surface area contributed by atoms with Crippen LogP contribution in [-0.2, 0) is 16.1 Å².